The van der Waals surface area contributed by atoms with Gasteiger partial charge in [-0.15, -0.1) is 11.3 Å². The van der Waals surface area contributed by atoms with Crippen LogP contribution in [0.3, 0.4) is 0 Å². The third kappa shape index (κ3) is 4.77. The van der Waals surface area contributed by atoms with Crippen LogP contribution in [0.15, 0.2) is 17.5 Å². The summed E-state index contributed by atoms with van der Waals surface area (Å²) in [6.07, 6.45) is 0.825. The van der Waals surface area contributed by atoms with E-state index in [2.05, 4.69) is 36.4 Å². The minimum Gasteiger partial charge on any atom is -0.334 e. The number of rotatable bonds is 6. The van der Waals surface area contributed by atoms with Crippen LogP contribution in [-0.2, 0) is 23.2 Å². The van der Waals surface area contributed by atoms with E-state index in [1.54, 1.807) is 6.07 Å². The molecule has 5 nitrogen and oxygen atoms in total. The van der Waals surface area contributed by atoms with Gasteiger partial charge in [-0.1, -0.05) is 44.0 Å². The van der Waals surface area contributed by atoms with Crippen LogP contribution in [0.5, 0.6) is 0 Å². The summed E-state index contributed by atoms with van der Waals surface area (Å²) in [5.41, 5.74) is 3.92. The number of carbonyl (C=O) groups excluding carboxylic acids is 1. The van der Waals surface area contributed by atoms with Crippen molar-refractivity contribution in [3.05, 3.63) is 44.5 Å². The van der Waals surface area contributed by atoms with Crippen molar-refractivity contribution in [2.75, 3.05) is 18.9 Å². The Morgan fingerprint density at radius 1 is 1.28 bits per heavy atom. The second-order valence-corrected chi connectivity index (χ2v) is 9.83. The van der Waals surface area contributed by atoms with Gasteiger partial charge in [-0.25, -0.2) is 4.98 Å². The van der Waals surface area contributed by atoms with Gasteiger partial charge in [-0.05, 0) is 44.6 Å². The van der Waals surface area contributed by atoms with Crippen molar-refractivity contribution in [1.29, 1.82) is 0 Å². The van der Waals surface area contributed by atoms with E-state index < -0.39 is 0 Å². The van der Waals surface area contributed by atoms with Crippen molar-refractivity contribution in [2.24, 2.45) is 0 Å². The van der Waals surface area contributed by atoms with E-state index in [1.165, 1.54) is 11.3 Å². The largest absolute Gasteiger partial charge is 0.334 e. The summed E-state index contributed by atoms with van der Waals surface area (Å²) in [5, 5.41) is 10.8. The van der Waals surface area contributed by atoms with Gasteiger partial charge < -0.3 is 15.2 Å². The number of nitrogens with one attached hydrogen (secondary N) is 2. The smallest absolute Gasteiger partial charge is 0.246 e. The van der Waals surface area contributed by atoms with Gasteiger partial charge in [0.1, 0.15) is 6.54 Å². The molecule has 0 radical (unpaired) electrons. The maximum atomic E-state index is 12.8. The van der Waals surface area contributed by atoms with E-state index >= 15 is 0 Å². The zero-order valence-corrected chi connectivity index (χ0v) is 19.6. The molecule has 2 N–H and O–H groups in total. The van der Waals surface area contributed by atoms with Crippen molar-refractivity contribution in [2.45, 2.75) is 46.1 Å². The predicted molar refractivity (Wildman–Crippen MR) is 124 cm³/mol. The molecule has 0 saturated carbocycles. The van der Waals surface area contributed by atoms with Crippen molar-refractivity contribution < 1.29 is 4.79 Å². The number of carbonyl (C=O) groups is 1. The van der Waals surface area contributed by atoms with E-state index in [1.807, 2.05) is 30.0 Å². The topological polar surface area (TPSA) is 59.0 Å². The molecule has 0 aliphatic heterocycles. The van der Waals surface area contributed by atoms with Gasteiger partial charge in [0, 0.05) is 26.9 Å². The van der Waals surface area contributed by atoms with E-state index in [-0.39, 0.29) is 17.9 Å². The van der Waals surface area contributed by atoms with Gasteiger partial charge in [0.25, 0.3) is 0 Å². The molecule has 2 heterocycles. The Labute approximate surface area is 185 Å². The fourth-order valence-electron chi connectivity index (χ4n) is 3.34. The van der Waals surface area contributed by atoms with Crippen LogP contribution in [0.2, 0.25) is 10.0 Å². The Hall–Kier alpha value is -1.60. The first-order valence-electron chi connectivity index (χ1n) is 9.49. The number of anilines is 1. The van der Waals surface area contributed by atoms with E-state index in [4.69, 9.17) is 23.2 Å². The summed E-state index contributed by atoms with van der Waals surface area (Å²) in [7, 11) is 1.92. The summed E-state index contributed by atoms with van der Waals surface area (Å²) in [4.78, 5) is 17.3. The van der Waals surface area contributed by atoms with Crippen molar-refractivity contribution >= 4 is 56.5 Å². The first-order valence-corrected chi connectivity index (χ1v) is 11.1. The monoisotopic (exact) mass is 452 g/mol. The lowest BCUT2D eigenvalue weighted by atomic mass is 9.93. The van der Waals surface area contributed by atoms with Gasteiger partial charge >= 0.3 is 0 Å². The predicted octanol–water partition coefficient (Wildman–Crippen LogP) is 5.41. The highest BCUT2D eigenvalue weighted by Gasteiger charge is 2.21. The first-order chi connectivity index (χ1) is 13.6. The number of thiazole rings is 1. The Balaban J connectivity index is 1.92. The number of hydrogen-bond acceptors (Lipinski definition) is 4. The zero-order valence-electron chi connectivity index (χ0n) is 17.3. The standard InChI is InChI=1S/C21H26Cl2N4OS/c1-12-14(6-7-24-5)15-8-13(22)9-16(23)19(15)27(12)10-18(28)26-20-25-17(11-29-20)21(2,3)4/h8-9,11,24H,6-7,10H2,1-5H3,(H,25,26,28). The second-order valence-electron chi connectivity index (χ2n) is 8.12. The fraction of sp³-hybridized carbons (Fsp3) is 0.429. The van der Waals surface area contributed by atoms with Gasteiger partial charge in [-0.2, -0.15) is 0 Å². The molecule has 156 valence electrons. The third-order valence-electron chi connectivity index (χ3n) is 4.91. The maximum absolute atomic E-state index is 12.8. The van der Waals surface area contributed by atoms with Crippen LogP contribution in [-0.4, -0.2) is 29.1 Å². The van der Waals surface area contributed by atoms with Crippen molar-refractivity contribution in [3.8, 4) is 0 Å². The average molecular weight is 453 g/mol. The van der Waals surface area contributed by atoms with Crippen molar-refractivity contribution in [1.82, 2.24) is 14.9 Å². The van der Waals surface area contributed by atoms with Gasteiger partial charge in [0.05, 0.1) is 16.2 Å². The van der Waals surface area contributed by atoms with Gasteiger partial charge in [0.15, 0.2) is 5.13 Å². The third-order valence-corrected chi connectivity index (χ3v) is 6.17. The number of fused-ring (bicyclic) bond motifs is 1. The maximum Gasteiger partial charge on any atom is 0.246 e. The van der Waals surface area contributed by atoms with Crippen LogP contribution in [0, 0.1) is 6.92 Å². The molecular formula is C21H26Cl2N4OS. The lowest BCUT2D eigenvalue weighted by molar-refractivity contribution is -0.116. The summed E-state index contributed by atoms with van der Waals surface area (Å²) < 4.78 is 1.96. The van der Waals surface area contributed by atoms with Crippen LogP contribution in [0.25, 0.3) is 10.9 Å². The first kappa shape index (κ1) is 22.1. The molecule has 0 bridgehead atoms. The number of benzene rings is 1. The normalized spacial score (nSPS) is 12.0. The second kappa shape index (κ2) is 8.64. The average Bonchev–Trinajstić information content (AvgIpc) is 3.17. The number of aromatic nitrogens is 2. The summed E-state index contributed by atoms with van der Waals surface area (Å²) in [6, 6.07) is 3.64. The molecule has 0 atom stereocenters. The molecule has 0 aliphatic rings. The highest BCUT2D eigenvalue weighted by molar-refractivity contribution is 7.13. The molecule has 3 aromatic rings. The molecule has 1 amide bonds. The van der Waals surface area contributed by atoms with Gasteiger partial charge in [-0.3, -0.25) is 4.79 Å². The highest BCUT2D eigenvalue weighted by Crippen LogP contribution is 2.34. The lowest BCUT2D eigenvalue weighted by Crippen LogP contribution is -2.20. The molecule has 0 fully saturated rings. The molecule has 2 aromatic heterocycles. The Kier molecular flexibility index (Phi) is 6.58. The number of nitrogens with zero attached hydrogens (tertiary/aromatic N) is 2. The minimum atomic E-state index is -0.133. The lowest BCUT2D eigenvalue weighted by Gasteiger charge is -2.14. The fourth-order valence-corrected chi connectivity index (χ4v) is 4.89. The Morgan fingerprint density at radius 3 is 2.62 bits per heavy atom. The molecule has 0 saturated heterocycles. The zero-order chi connectivity index (χ0) is 21.3. The van der Waals surface area contributed by atoms with Crippen LogP contribution in [0.1, 0.15) is 37.7 Å². The van der Waals surface area contributed by atoms with Gasteiger partial charge in [0.2, 0.25) is 5.91 Å². The van der Waals surface area contributed by atoms with Crippen molar-refractivity contribution in [3.63, 3.8) is 0 Å². The Morgan fingerprint density at radius 2 is 2.00 bits per heavy atom. The number of halogens is 2. The highest BCUT2D eigenvalue weighted by atomic mass is 35.5. The molecule has 0 aliphatic carbocycles. The number of amides is 1. The van der Waals surface area contributed by atoms with E-state index in [0.29, 0.717) is 15.2 Å². The van der Waals surface area contributed by atoms with Crippen LogP contribution < -0.4 is 10.6 Å². The summed E-state index contributed by atoms with van der Waals surface area (Å²) in [6.45, 7) is 9.30. The number of hydrogen-bond donors (Lipinski definition) is 2. The summed E-state index contributed by atoms with van der Waals surface area (Å²) >= 11 is 14.2. The van der Waals surface area contributed by atoms with Crippen LogP contribution in [0.4, 0.5) is 5.13 Å². The van der Waals surface area contributed by atoms with E-state index in [9.17, 15) is 4.79 Å². The van der Waals surface area contributed by atoms with E-state index in [0.717, 1.165) is 40.8 Å². The number of likely N-dealkylation sites (N-methyl/N-ethyl adjacent to an activating group) is 1. The molecule has 3 rings (SSSR count). The minimum absolute atomic E-state index is 0.0539. The molecular weight excluding hydrogens is 427 g/mol. The van der Waals surface area contributed by atoms with Crippen LogP contribution >= 0.6 is 34.5 Å². The molecule has 0 unspecified atom stereocenters. The molecule has 1 aromatic carbocycles. The molecule has 29 heavy (non-hydrogen) atoms. The SMILES string of the molecule is CNCCc1c(C)n(CC(=O)Nc2nc(C(C)(C)C)cs2)c2c(Cl)cc(Cl)cc12. The molecule has 8 heteroatoms. The summed E-state index contributed by atoms with van der Waals surface area (Å²) in [5.74, 6) is -0.133. The quantitative estimate of drug-likeness (QED) is 0.525. The molecule has 0 spiro atoms. The Bertz CT molecular complexity index is 1050.